The standard InChI is InChI=1S/C13H21NO5/c1-5-18-13(17)11-10(19-11)12(16)14-9(8(4)15)6-7(2)3/h7,9-11H,5-6H2,1-4H3,(H,14,16). The molecule has 6 heteroatoms. The maximum Gasteiger partial charge on any atom is 0.338 e. The number of ether oxygens (including phenoxy) is 2. The number of hydrogen-bond donors (Lipinski definition) is 1. The average Bonchev–Trinajstić information content (AvgIpc) is 3.07. The normalized spacial score (nSPS) is 22.8. The number of esters is 1. The van der Waals surface area contributed by atoms with Crippen molar-refractivity contribution >= 4 is 17.7 Å². The Hall–Kier alpha value is -1.43. The van der Waals surface area contributed by atoms with Crippen LogP contribution in [-0.4, -0.2) is 42.5 Å². The van der Waals surface area contributed by atoms with E-state index in [0.717, 1.165) is 0 Å². The molecule has 6 nitrogen and oxygen atoms in total. The molecular formula is C13H21NO5. The van der Waals surface area contributed by atoms with Crippen molar-refractivity contribution < 1.29 is 23.9 Å². The Balaban J connectivity index is 2.47. The molecule has 0 saturated carbocycles. The minimum absolute atomic E-state index is 0.101. The number of Topliss-reactive ketones (excluding diaryl/α,β-unsaturated/α-hetero) is 1. The van der Waals surface area contributed by atoms with Crippen molar-refractivity contribution in [3.05, 3.63) is 0 Å². The summed E-state index contributed by atoms with van der Waals surface area (Å²) in [6, 6.07) is -0.528. The fourth-order valence-corrected chi connectivity index (χ4v) is 1.77. The molecule has 0 spiro atoms. The number of rotatable bonds is 7. The zero-order valence-electron chi connectivity index (χ0n) is 11.8. The van der Waals surface area contributed by atoms with Crippen molar-refractivity contribution in [2.24, 2.45) is 5.92 Å². The topological polar surface area (TPSA) is 85.0 Å². The molecule has 1 aliphatic rings. The second kappa shape index (κ2) is 6.65. The number of hydrogen-bond acceptors (Lipinski definition) is 5. The summed E-state index contributed by atoms with van der Waals surface area (Å²) in [5.41, 5.74) is 0. The molecule has 1 saturated heterocycles. The van der Waals surface area contributed by atoms with Crippen LogP contribution in [0.3, 0.4) is 0 Å². The first-order valence-corrected chi connectivity index (χ1v) is 6.49. The molecule has 1 fully saturated rings. The van der Waals surface area contributed by atoms with Crippen LogP contribution in [0.2, 0.25) is 0 Å². The molecule has 0 aromatic heterocycles. The van der Waals surface area contributed by atoms with E-state index in [2.05, 4.69) is 5.32 Å². The van der Waals surface area contributed by atoms with Crippen molar-refractivity contribution in [2.45, 2.75) is 52.4 Å². The third-order valence-corrected chi connectivity index (χ3v) is 2.78. The van der Waals surface area contributed by atoms with E-state index < -0.39 is 30.1 Å². The van der Waals surface area contributed by atoms with Gasteiger partial charge in [0.05, 0.1) is 12.6 Å². The monoisotopic (exact) mass is 271 g/mol. The first-order chi connectivity index (χ1) is 8.86. The van der Waals surface area contributed by atoms with Gasteiger partial charge in [0.1, 0.15) is 0 Å². The summed E-state index contributed by atoms with van der Waals surface area (Å²) >= 11 is 0. The van der Waals surface area contributed by atoms with Gasteiger partial charge in [-0.2, -0.15) is 0 Å². The van der Waals surface area contributed by atoms with Crippen LogP contribution >= 0.6 is 0 Å². The molecule has 0 aromatic rings. The van der Waals surface area contributed by atoms with Crippen LogP contribution < -0.4 is 5.32 Å². The van der Waals surface area contributed by atoms with Crippen LogP contribution in [0.5, 0.6) is 0 Å². The van der Waals surface area contributed by atoms with Gasteiger partial charge in [0.25, 0.3) is 5.91 Å². The van der Waals surface area contributed by atoms with Gasteiger partial charge in [-0.05, 0) is 26.2 Å². The fourth-order valence-electron chi connectivity index (χ4n) is 1.77. The molecule has 1 heterocycles. The molecule has 1 N–H and O–H groups in total. The van der Waals surface area contributed by atoms with Gasteiger partial charge in [0.2, 0.25) is 0 Å². The number of nitrogens with one attached hydrogen (secondary N) is 1. The molecular weight excluding hydrogens is 250 g/mol. The maximum atomic E-state index is 11.8. The maximum absolute atomic E-state index is 11.8. The van der Waals surface area contributed by atoms with Crippen LogP contribution in [0.1, 0.15) is 34.1 Å². The van der Waals surface area contributed by atoms with Crippen molar-refractivity contribution in [2.75, 3.05) is 6.61 Å². The van der Waals surface area contributed by atoms with Gasteiger partial charge in [0.15, 0.2) is 18.0 Å². The summed E-state index contributed by atoms with van der Waals surface area (Å²) in [5, 5.41) is 2.62. The van der Waals surface area contributed by atoms with Gasteiger partial charge in [-0.3, -0.25) is 9.59 Å². The Morgan fingerprint density at radius 1 is 1.26 bits per heavy atom. The second-order valence-electron chi connectivity index (χ2n) is 5.03. The van der Waals surface area contributed by atoms with Gasteiger partial charge in [-0.15, -0.1) is 0 Å². The number of amides is 1. The summed E-state index contributed by atoms with van der Waals surface area (Å²) in [6.07, 6.45) is -1.09. The van der Waals surface area contributed by atoms with Crippen LogP contribution in [0, 0.1) is 5.92 Å². The van der Waals surface area contributed by atoms with E-state index in [1.807, 2.05) is 13.8 Å². The van der Waals surface area contributed by atoms with Crippen molar-refractivity contribution in [1.82, 2.24) is 5.32 Å². The SMILES string of the molecule is CCOC(=O)C1OC1C(=O)NC(CC(C)C)C(C)=O. The van der Waals surface area contributed by atoms with E-state index in [-0.39, 0.29) is 18.3 Å². The third-order valence-electron chi connectivity index (χ3n) is 2.78. The summed E-state index contributed by atoms with van der Waals surface area (Å²) in [4.78, 5) is 34.6. The van der Waals surface area contributed by atoms with E-state index in [4.69, 9.17) is 9.47 Å². The lowest BCUT2D eigenvalue weighted by atomic mass is 10.0. The molecule has 0 bridgehead atoms. The minimum atomic E-state index is -0.827. The Kier molecular flexibility index (Phi) is 5.47. The van der Waals surface area contributed by atoms with E-state index in [0.29, 0.717) is 6.42 Å². The first-order valence-electron chi connectivity index (χ1n) is 6.49. The number of carbonyl (C=O) groups excluding carboxylic acids is 3. The molecule has 3 unspecified atom stereocenters. The molecule has 0 aromatic carbocycles. The lowest BCUT2D eigenvalue weighted by molar-refractivity contribution is -0.144. The Labute approximate surface area is 112 Å². The fraction of sp³-hybridized carbons (Fsp3) is 0.769. The molecule has 1 rings (SSSR count). The average molecular weight is 271 g/mol. The second-order valence-corrected chi connectivity index (χ2v) is 5.03. The number of ketones is 1. The zero-order chi connectivity index (χ0) is 14.6. The smallest absolute Gasteiger partial charge is 0.338 e. The highest BCUT2D eigenvalue weighted by atomic mass is 16.6. The molecule has 1 aliphatic heterocycles. The predicted octanol–water partition coefficient (Wildman–Crippen LogP) is 0.437. The van der Waals surface area contributed by atoms with Crippen molar-refractivity contribution in [1.29, 1.82) is 0 Å². The van der Waals surface area contributed by atoms with Gasteiger partial charge >= 0.3 is 5.97 Å². The van der Waals surface area contributed by atoms with Crippen LogP contribution in [0.4, 0.5) is 0 Å². The van der Waals surface area contributed by atoms with Gasteiger partial charge in [-0.25, -0.2) is 4.79 Å². The predicted molar refractivity (Wildman–Crippen MR) is 67.4 cm³/mol. The van der Waals surface area contributed by atoms with Crippen LogP contribution in [0.15, 0.2) is 0 Å². The van der Waals surface area contributed by atoms with E-state index >= 15 is 0 Å². The number of epoxide rings is 1. The Morgan fingerprint density at radius 3 is 2.37 bits per heavy atom. The summed E-state index contributed by atoms with van der Waals surface area (Å²) in [7, 11) is 0. The van der Waals surface area contributed by atoms with Crippen LogP contribution in [0.25, 0.3) is 0 Å². The highest BCUT2D eigenvalue weighted by molar-refractivity contribution is 5.95. The molecule has 0 aliphatic carbocycles. The Bertz CT molecular complexity index is 366. The molecule has 19 heavy (non-hydrogen) atoms. The highest BCUT2D eigenvalue weighted by Crippen LogP contribution is 2.24. The largest absolute Gasteiger partial charge is 0.464 e. The van der Waals surface area contributed by atoms with E-state index in [1.165, 1.54) is 6.92 Å². The molecule has 108 valence electrons. The van der Waals surface area contributed by atoms with E-state index in [1.54, 1.807) is 6.92 Å². The molecule has 0 radical (unpaired) electrons. The Morgan fingerprint density at radius 2 is 1.89 bits per heavy atom. The highest BCUT2D eigenvalue weighted by Gasteiger charge is 2.51. The van der Waals surface area contributed by atoms with Crippen molar-refractivity contribution in [3.8, 4) is 0 Å². The van der Waals surface area contributed by atoms with E-state index in [9.17, 15) is 14.4 Å². The van der Waals surface area contributed by atoms with Gasteiger partial charge in [-0.1, -0.05) is 13.8 Å². The lowest BCUT2D eigenvalue weighted by Gasteiger charge is -2.17. The summed E-state index contributed by atoms with van der Waals surface area (Å²) in [6.45, 7) is 7.30. The van der Waals surface area contributed by atoms with Crippen LogP contribution in [-0.2, 0) is 23.9 Å². The van der Waals surface area contributed by atoms with Gasteiger partial charge in [0, 0.05) is 0 Å². The lowest BCUT2D eigenvalue weighted by Crippen LogP contribution is -2.43. The summed E-state index contributed by atoms with van der Waals surface area (Å²) in [5.74, 6) is -0.782. The molecule has 3 atom stereocenters. The zero-order valence-corrected chi connectivity index (χ0v) is 11.8. The number of carbonyl (C=O) groups is 3. The minimum Gasteiger partial charge on any atom is -0.464 e. The third kappa shape index (κ3) is 4.63. The van der Waals surface area contributed by atoms with Gasteiger partial charge < -0.3 is 14.8 Å². The first kappa shape index (κ1) is 15.6. The summed E-state index contributed by atoms with van der Waals surface area (Å²) < 4.78 is 9.73. The molecule has 1 amide bonds. The van der Waals surface area contributed by atoms with Crippen molar-refractivity contribution in [3.63, 3.8) is 0 Å². The quantitative estimate of drug-likeness (QED) is 0.536.